The molecule has 0 aromatic heterocycles. The molecule has 8 nitrogen and oxygen atoms in total. The Morgan fingerprint density at radius 3 is 1.39 bits per heavy atom. The number of esters is 2. The van der Waals surface area contributed by atoms with Crippen molar-refractivity contribution in [1.29, 1.82) is 0 Å². The van der Waals surface area contributed by atoms with Crippen LogP contribution in [0.1, 0.15) is 181 Å². The summed E-state index contributed by atoms with van der Waals surface area (Å²) in [4.78, 5) is 42.6. The molecule has 0 aromatic rings. The zero-order valence-electron chi connectivity index (χ0n) is 28.3. The van der Waals surface area contributed by atoms with Crippen molar-refractivity contribution in [2.75, 3.05) is 13.2 Å². The maximum atomic E-state index is 12.3. The normalized spacial score (nSPS) is 12.5. The molecule has 0 aliphatic rings. The minimum atomic E-state index is -4.74. The highest BCUT2D eigenvalue weighted by atomic mass is 31.2. The molecular weight excluding hydrogens is 579 g/mol. The molecule has 0 aromatic carbocycles. The first-order valence-electron chi connectivity index (χ1n) is 18.0. The van der Waals surface area contributed by atoms with Crippen LogP contribution in [0.15, 0.2) is 12.2 Å². The number of phosphoric ester groups is 1. The Hall–Kier alpha value is -1.21. The molecule has 0 fully saturated rings. The Bertz CT molecular complexity index is 736. The van der Waals surface area contributed by atoms with Crippen molar-refractivity contribution < 1.29 is 37.9 Å². The predicted octanol–water partition coefficient (Wildman–Crippen LogP) is 10.3. The first-order chi connectivity index (χ1) is 21.3. The maximum absolute atomic E-state index is 12.3. The summed E-state index contributed by atoms with van der Waals surface area (Å²) in [6.45, 7) is 3.65. The number of phosphoric acid groups is 1. The van der Waals surface area contributed by atoms with Gasteiger partial charge in [0.25, 0.3) is 0 Å². The SMILES string of the molecule is CCCCCCC/C=C\CCCCCCCC(=O)OC(COC(=O)CCCCCCCCCCCCCC)COP(=O)(O)O. The number of hydrogen-bond donors (Lipinski definition) is 2. The van der Waals surface area contributed by atoms with Gasteiger partial charge < -0.3 is 19.3 Å². The topological polar surface area (TPSA) is 119 Å². The first kappa shape index (κ1) is 42.8. The Balaban J connectivity index is 3.99. The molecule has 44 heavy (non-hydrogen) atoms. The maximum Gasteiger partial charge on any atom is 0.469 e. The molecule has 0 aliphatic carbocycles. The minimum absolute atomic E-state index is 0.206. The molecule has 0 spiro atoms. The van der Waals surface area contributed by atoms with Crippen molar-refractivity contribution in [1.82, 2.24) is 0 Å². The summed E-state index contributed by atoms with van der Waals surface area (Å²) >= 11 is 0. The van der Waals surface area contributed by atoms with E-state index in [1.807, 2.05) is 0 Å². The van der Waals surface area contributed by atoms with E-state index in [0.717, 1.165) is 51.4 Å². The molecule has 0 saturated carbocycles. The highest BCUT2D eigenvalue weighted by molar-refractivity contribution is 7.46. The van der Waals surface area contributed by atoms with Crippen molar-refractivity contribution in [3.63, 3.8) is 0 Å². The fraction of sp³-hybridized carbons (Fsp3) is 0.886. The largest absolute Gasteiger partial charge is 0.469 e. The van der Waals surface area contributed by atoms with E-state index >= 15 is 0 Å². The van der Waals surface area contributed by atoms with E-state index < -0.39 is 32.5 Å². The summed E-state index contributed by atoms with van der Waals surface area (Å²) in [6.07, 6.45) is 32.1. The average molecular weight is 647 g/mol. The van der Waals surface area contributed by atoms with Gasteiger partial charge in [-0.1, -0.05) is 142 Å². The lowest BCUT2D eigenvalue weighted by Gasteiger charge is -2.18. The molecular formula is C35H67O8P. The van der Waals surface area contributed by atoms with E-state index in [2.05, 4.69) is 30.5 Å². The summed E-state index contributed by atoms with van der Waals surface area (Å²) in [6, 6.07) is 0. The lowest BCUT2D eigenvalue weighted by atomic mass is 10.0. The standard InChI is InChI=1S/C35H67O8P/c1-3-5-7-9-11-13-15-17-18-20-22-24-26-28-30-35(37)43-33(32-42-44(38,39)40)31-41-34(36)29-27-25-23-21-19-16-14-12-10-8-6-4-2/h15,17,33H,3-14,16,18-32H2,1-2H3,(H2,38,39,40)/b17-15-. The van der Waals surface area contributed by atoms with E-state index in [1.54, 1.807) is 0 Å². The van der Waals surface area contributed by atoms with Crippen LogP contribution in [0.3, 0.4) is 0 Å². The van der Waals surface area contributed by atoms with Crippen molar-refractivity contribution >= 4 is 19.8 Å². The quantitative estimate of drug-likeness (QED) is 0.0313. The fourth-order valence-corrected chi connectivity index (χ4v) is 5.43. The number of unbranched alkanes of at least 4 members (excludes halogenated alkanes) is 21. The van der Waals surface area contributed by atoms with Gasteiger partial charge in [0.2, 0.25) is 0 Å². The fourth-order valence-electron chi connectivity index (χ4n) is 5.07. The Morgan fingerprint density at radius 2 is 0.955 bits per heavy atom. The molecule has 2 N–H and O–H groups in total. The molecule has 0 aliphatic heterocycles. The van der Waals surface area contributed by atoms with Crippen molar-refractivity contribution in [2.24, 2.45) is 0 Å². The van der Waals surface area contributed by atoms with Gasteiger partial charge in [-0.25, -0.2) is 4.57 Å². The second-order valence-electron chi connectivity index (χ2n) is 12.2. The molecule has 0 radical (unpaired) electrons. The third-order valence-electron chi connectivity index (χ3n) is 7.78. The van der Waals surface area contributed by atoms with Gasteiger partial charge in [0, 0.05) is 12.8 Å². The lowest BCUT2D eigenvalue weighted by molar-refractivity contribution is -0.161. The minimum Gasteiger partial charge on any atom is -0.462 e. The van der Waals surface area contributed by atoms with Crippen LogP contribution in [0.5, 0.6) is 0 Å². The van der Waals surface area contributed by atoms with Crippen LogP contribution in [0.4, 0.5) is 0 Å². The molecule has 1 atom stereocenters. The lowest BCUT2D eigenvalue weighted by Crippen LogP contribution is -2.29. The zero-order chi connectivity index (χ0) is 32.6. The van der Waals surface area contributed by atoms with Gasteiger partial charge in [-0.2, -0.15) is 0 Å². The first-order valence-corrected chi connectivity index (χ1v) is 19.5. The summed E-state index contributed by atoms with van der Waals surface area (Å²) in [5.74, 6) is -0.890. The molecule has 0 saturated heterocycles. The van der Waals surface area contributed by atoms with Gasteiger partial charge in [-0.05, 0) is 38.5 Å². The second kappa shape index (κ2) is 31.8. The van der Waals surface area contributed by atoms with Gasteiger partial charge >= 0.3 is 19.8 Å². The number of allylic oxidation sites excluding steroid dienone is 2. The molecule has 9 heteroatoms. The number of carbonyl (C=O) groups is 2. The van der Waals surface area contributed by atoms with Crippen LogP contribution in [-0.4, -0.2) is 41.0 Å². The van der Waals surface area contributed by atoms with E-state index in [9.17, 15) is 14.2 Å². The Morgan fingerprint density at radius 1 is 0.568 bits per heavy atom. The zero-order valence-corrected chi connectivity index (χ0v) is 29.2. The second-order valence-corrected chi connectivity index (χ2v) is 13.4. The van der Waals surface area contributed by atoms with E-state index in [-0.39, 0.29) is 19.4 Å². The highest BCUT2D eigenvalue weighted by Crippen LogP contribution is 2.36. The van der Waals surface area contributed by atoms with Crippen molar-refractivity contribution in [2.45, 2.75) is 187 Å². The molecule has 1 unspecified atom stereocenters. The van der Waals surface area contributed by atoms with Gasteiger partial charge in [-0.15, -0.1) is 0 Å². The highest BCUT2D eigenvalue weighted by Gasteiger charge is 2.22. The molecule has 0 amide bonds. The number of hydrogen-bond acceptors (Lipinski definition) is 6. The summed E-state index contributed by atoms with van der Waals surface area (Å²) < 4.78 is 26.2. The van der Waals surface area contributed by atoms with Gasteiger partial charge in [0.05, 0.1) is 6.61 Å². The van der Waals surface area contributed by atoms with Crippen LogP contribution in [0.25, 0.3) is 0 Å². The smallest absolute Gasteiger partial charge is 0.462 e. The van der Waals surface area contributed by atoms with E-state index in [1.165, 1.54) is 96.3 Å². The van der Waals surface area contributed by atoms with Gasteiger partial charge in [0.1, 0.15) is 6.61 Å². The summed E-state index contributed by atoms with van der Waals surface area (Å²) in [7, 11) is -4.74. The third-order valence-corrected chi connectivity index (χ3v) is 8.27. The Labute approximate surface area is 269 Å². The summed E-state index contributed by atoms with van der Waals surface area (Å²) in [5.41, 5.74) is 0. The van der Waals surface area contributed by atoms with E-state index in [4.69, 9.17) is 19.3 Å². The molecule has 0 rings (SSSR count). The monoisotopic (exact) mass is 646 g/mol. The molecule has 260 valence electrons. The molecule has 0 heterocycles. The van der Waals surface area contributed by atoms with Crippen LogP contribution in [0, 0.1) is 0 Å². The van der Waals surface area contributed by atoms with Crippen LogP contribution in [-0.2, 0) is 28.2 Å². The van der Waals surface area contributed by atoms with Crippen molar-refractivity contribution in [3.05, 3.63) is 12.2 Å². The molecule has 0 bridgehead atoms. The van der Waals surface area contributed by atoms with Gasteiger partial charge in [0.15, 0.2) is 6.10 Å². The predicted molar refractivity (Wildman–Crippen MR) is 179 cm³/mol. The van der Waals surface area contributed by atoms with Crippen LogP contribution in [0.2, 0.25) is 0 Å². The van der Waals surface area contributed by atoms with Gasteiger partial charge in [-0.3, -0.25) is 14.1 Å². The Kier molecular flexibility index (Phi) is 30.9. The number of rotatable bonds is 33. The summed E-state index contributed by atoms with van der Waals surface area (Å²) in [5, 5.41) is 0. The third kappa shape index (κ3) is 33.7. The van der Waals surface area contributed by atoms with Crippen molar-refractivity contribution in [3.8, 4) is 0 Å². The van der Waals surface area contributed by atoms with E-state index in [0.29, 0.717) is 6.42 Å². The number of ether oxygens (including phenoxy) is 2. The van der Waals surface area contributed by atoms with Crippen LogP contribution >= 0.6 is 7.82 Å². The number of carbonyl (C=O) groups excluding carboxylic acids is 2. The van der Waals surface area contributed by atoms with Crippen LogP contribution < -0.4 is 0 Å². The average Bonchev–Trinajstić information content (AvgIpc) is 2.98.